The van der Waals surface area contributed by atoms with Crippen LogP contribution in [0, 0.1) is 0 Å². The summed E-state index contributed by atoms with van der Waals surface area (Å²) in [6.45, 7) is 0.771. The Morgan fingerprint density at radius 2 is 2.24 bits per heavy atom. The SMILES string of the molecule is Cn1nccc1CCNc1c(N)cccc1Cl. The fourth-order valence-electron chi connectivity index (χ4n) is 1.69. The van der Waals surface area contributed by atoms with Crippen LogP contribution in [0.5, 0.6) is 0 Å². The highest BCUT2D eigenvalue weighted by molar-refractivity contribution is 6.33. The number of para-hydroxylation sites is 1. The van der Waals surface area contributed by atoms with E-state index in [1.54, 1.807) is 6.20 Å². The minimum absolute atomic E-state index is 0.648. The van der Waals surface area contributed by atoms with E-state index in [-0.39, 0.29) is 0 Å². The Labute approximate surface area is 105 Å². The van der Waals surface area contributed by atoms with Gasteiger partial charge in [-0.25, -0.2) is 0 Å². The van der Waals surface area contributed by atoms with Crippen molar-refractivity contribution in [1.29, 1.82) is 0 Å². The minimum Gasteiger partial charge on any atom is -0.397 e. The molecule has 0 unspecified atom stereocenters. The van der Waals surface area contributed by atoms with Gasteiger partial charge < -0.3 is 11.1 Å². The second kappa shape index (κ2) is 5.10. The van der Waals surface area contributed by atoms with Gasteiger partial charge in [-0.05, 0) is 18.2 Å². The molecule has 0 aliphatic rings. The molecule has 3 N–H and O–H groups in total. The summed E-state index contributed by atoms with van der Waals surface area (Å²) in [5.41, 5.74) is 8.49. The first kappa shape index (κ1) is 11.8. The summed E-state index contributed by atoms with van der Waals surface area (Å²) in [7, 11) is 1.93. The molecule has 0 aliphatic carbocycles. The second-order valence-corrected chi connectivity index (χ2v) is 4.23. The van der Waals surface area contributed by atoms with Gasteiger partial charge in [-0.15, -0.1) is 0 Å². The largest absolute Gasteiger partial charge is 0.397 e. The van der Waals surface area contributed by atoms with Crippen molar-refractivity contribution in [3.05, 3.63) is 41.2 Å². The molecule has 0 saturated carbocycles. The number of aromatic nitrogens is 2. The maximum absolute atomic E-state index is 6.06. The predicted octanol–water partition coefficient (Wildman–Crippen LogP) is 2.31. The molecule has 0 bridgehead atoms. The quantitative estimate of drug-likeness (QED) is 0.819. The molecule has 90 valence electrons. The van der Waals surface area contributed by atoms with Crippen LogP contribution in [0.15, 0.2) is 30.5 Å². The van der Waals surface area contributed by atoms with Crippen molar-refractivity contribution in [2.24, 2.45) is 7.05 Å². The van der Waals surface area contributed by atoms with E-state index in [1.807, 2.05) is 36.0 Å². The smallest absolute Gasteiger partial charge is 0.0763 e. The highest BCUT2D eigenvalue weighted by Gasteiger charge is 2.04. The Morgan fingerprint density at radius 1 is 1.41 bits per heavy atom. The molecule has 0 aliphatic heterocycles. The van der Waals surface area contributed by atoms with E-state index in [0.29, 0.717) is 10.7 Å². The minimum atomic E-state index is 0.648. The van der Waals surface area contributed by atoms with Crippen LogP contribution < -0.4 is 11.1 Å². The first-order valence-corrected chi connectivity index (χ1v) is 5.81. The average Bonchev–Trinajstić information content (AvgIpc) is 2.69. The Balaban J connectivity index is 1.97. The van der Waals surface area contributed by atoms with Crippen molar-refractivity contribution in [1.82, 2.24) is 9.78 Å². The second-order valence-electron chi connectivity index (χ2n) is 3.83. The van der Waals surface area contributed by atoms with Gasteiger partial charge in [0.25, 0.3) is 0 Å². The van der Waals surface area contributed by atoms with Crippen LogP contribution in [-0.4, -0.2) is 16.3 Å². The highest BCUT2D eigenvalue weighted by atomic mass is 35.5. The zero-order valence-corrected chi connectivity index (χ0v) is 10.4. The molecule has 0 fully saturated rings. The van der Waals surface area contributed by atoms with Crippen molar-refractivity contribution in [3.63, 3.8) is 0 Å². The molecule has 1 heterocycles. The van der Waals surface area contributed by atoms with Crippen molar-refractivity contribution in [2.45, 2.75) is 6.42 Å². The fourth-order valence-corrected chi connectivity index (χ4v) is 1.94. The molecule has 2 aromatic rings. The maximum Gasteiger partial charge on any atom is 0.0763 e. The van der Waals surface area contributed by atoms with Crippen LogP contribution >= 0.6 is 11.6 Å². The van der Waals surface area contributed by atoms with Crippen LogP contribution in [0.4, 0.5) is 11.4 Å². The third-order valence-electron chi connectivity index (χ3n) is 2.65. The lowest BCUT2D eigenvalue weighted by atomic mass is 10.2. The summed E-state index contributed by atoms with van der Waals surface area (Å²) in [5.74, 6) is 0. The van der Waals surface area contributed by atoms with Gasteiger partial charge in [0.1, 0.15) is 0 Å². The Kier molecular flexibility index (Phi) is 3.54. The number of rotatable bonds is 4. The number of hydrogen-bond acceptors (Lipinski definition) is 3. The van der Waals surface area contributed by atoms with Crippen molar-refractivity contribution in [2.75, 3.05) is 17.6 Å². The number of nitrogen functional groups attached to an aromatic ring is 1. The van der Waals surface area contributed by atoms with Gasteiger partial charge in [-0.2, -0.15) is 5.10 Å². The molecule has 0 saturated heterocycles. The zero-order valence-electron chi connectivity index (χ0n) is 9.65. The van der Waals surface area contributed by atoms with E-state index in [1.165, 1.54) is 5.69 Å². The normalized spacial score (nSPS) is 10.5. The van der Waals surface area contributed by atoms with Crippen molar-refractivity contribution >= 4 is 23.0 Å². The molecule has 1 aromatic heterocycles. The lowest BCUT2D eigenvalue weighted by molar-refractivity contribution is 0.711. The molecular weight excluding hydrogens is 236 g/mol. The van der Waals surface area contributed by atoms with Crippen LogP contribution in [0.2, 0.25) is 5.02 Å². The Hall–Kier alpha value is -1.68. The highest BCUT2D eigenvalue weighted by Crippen LogP contribution is 2.27. The van der Waals surface area contributed by atoms with Gasteiger partial charge in [0.15, 0.2) is 0 Å². The molecule has 17 heavy (non-hydrogen) atoms. The van der Waals surface area contributed by atoms with Gasteiger partial charge in [0.05, 0.1) is 16.4 Å². The van der Waals surface area contributed by atoms with Crippen LogP contribution in [0.1, 0.15) is 5.69 Å². The van der Waals surface area contributed by atoms with Crippen LogP contribution in [0.25, 0.3) is 0 Å². The summed E-state index contributed by atoms with van der Waals surface area (Å²) in [6, 6.07) is 7.49. The third-order valence-corrected chi connectivity index (χ3v) is 2.97. The Morgan fingerprint density at radius 3 is 2.88 bits per heavy atom. The summed E-state index contributed by atoms with van der Waals surface area (Å²) < 4.78 is 1.86. The number of anilines is 2. The van der Waals surface area contributed by atoms with Crippen LogP contribution in [-0.2, 0) is 13.5 Å². The lowest BCUT2D eigenvalue weighted by Crippen LogP contribution is -2.09. The first-order chi connectivity index (χ1) is 8.18. The molecule has 0 spiro atoms. The summed E-state index contributed by atoms with van der Waals surface area (Å²) in [6.07, 6.45) is 2.67. The molecule has 0 radical (unpaired) electrons. The summed E-state index contributed by atoms with van der Waals surface area (Å²) in [4.78, 5) is 0. The monoisotopic (exact) mass is 250 g/mol. The number of hydrogen-bond donors (Lipinski definition) is 2. The number of nitrogens with one attached hydrogen (secondary N) is 1. The van der Waals surface area contributed by atoms with Crippen molar-refractivity contribution < 1.29 is 0 Å². The van der Waals surface area contributed by atoms with E-state index in [0.717, 1.165) is 18.7 Å². The summed E-state index contributed by atoms with van der Waals surface area (Å²) >= 11 is 6.06. The topological polar surface area (TPSA) is 55.9 Å². The van der Waals surface area contributed by atoms with Crippen molar-refractivity contribution in [3.8, 4) is 0 Å². The first-order valence-electron chi connectivity index (χ1n) is 5.43. The number of benzene rings is 1. The lowest BCUT2D eigenvalue weighted by Gasteiger charge is -2.10. The molecule has 4 nitrogen and oxygen atoms in total. The van der Waals surface area contributed by atoms with E-state index in [4.69, 9.17) is 17.3 Å². The standard InChI is InChI=1S/C12H15ClN4/c1-17-9(6-8-16-17)5-7-15-12-10(13)3-2-4-11(12)14/h2-4,6,8,15H,5,7,14H2,1H3. The Bertz CT molecular complexity index is 487. The number of aryl methyl sites for hydroxylation is 1. The van der Waals surface area contributed by atoms with E-state index in [2.05, 4.69) is 10.4 Å². The van der Waals surface area contributed by atoms with E-state index < -0.39 is 0 Å². The molecule has 0 amide bonds. The van der Waals surface area contributed by atoms with Gasteiger partial charge in [-0.1, -0.05) is 17.7 Å². The van der Waals surface area contributed by atoms with Crippen LogP contribution in [0.3, 0.4) is 0 Å². The average molecular weight is 251 g/mol. The number of halogens is 1. The van der Waals surface area contributed by atoms with E-state index in [9.17, 15) is 0 Å². The van der Waals surface area contributed by atoms with Gasteiger partial charge in [0.2, 0.25) is 0 Å². The van der Waals surface area contributed by atoms with Gasteiger partial charge in [-0.3, -0.25) is 4.68 Å². The fraction of sp³-hybridized carbons (Fsp3) is 0.250. The zero-order chi connectivity index (χ0) is 12.3. The van der Waals surface area contributed by atoms with Gasteiger partial charge >= 0.3 is 0 Å². The van der Waals surface area contributed by atoms with E-state index >= 15 is 0 Å². The molecule has 1 aromatic carbocycles. The maximum atomic E-state index is 6.06. The molecule has 0 atom stereocenters. The molecule has 2 rings (SSSR count). The number of nitrogens with two attached hydrogens (primary N) is 1. The summed E-state index contributed by atoms with van der Waals surface area (Å²) in [5, 5.41) is 8.01. The van der Waals surface area contributed by atoms with Gasteiger partial charge in [0, 0.05) is 31.9 Å². The molecule has 5 heteroatoms. The molecular formula is C12H15ClN4. The number of nitrogens with zero attached hydrogens (tertiary/aromatic N) is 2. The predicted molar refractivity (Wildman–Crippen MR) is 71.3 cm³/mol. The third kappa shape index (κ3) is 2.71.